The van der Waals surface area contributed by atoms with E-state index >= 15 is 0 Å². The Kier molecular flexibility index (Phi) is 10.3. The number of aromatic amines is 3. The van der Waals surface area contributed by atoms with Crippen LogP contribution in [0.4, 0.5) is 0 Å². The van der Waals surface area contributed by atoms with Gasteiger partial charge in [0.05, 0.1) is 18.7 Å². The number of rotatable bonds is 15. The van der Waals surface area contributed by atoms with Crippen LogP contribution < -0.4 is 21.7 Å². The average molecular weight is 592 g/mol. The number of nitrogens with one attached hydrogen (secondary N) is 6. The van der Waals surface area contributed by atoms with Crippen molar-refractivity contribution < 1.29 is 24.3 Å². The van der Waals surface area contributed by atoms with Crippen LogP contribution in [0.3, 0.4) is 0 Å². The molecule has 0 aliphatic carbocycles. The number of amides is 3. The van der Waals surface area contributed by atoms with Gasteiger partial charge in [-0.2, -0.15) is 0 Å². The fourth-order valence-electron chi connectivity index (χ4n) is 4.80. The van der Waals surface area contributed by atoms with Gasteiger partial charge >= 0.3 is 5.97 Å². The molecule has 0 spiro atoms. The van der Waals surface area contributed by atoms with E-state index in [1.54, 1.807) is 12.4 Å². The number of carbonyl (C=O) groups excluding carboxylic acids is 3. The zero-order valence-corrected chi connectivity index (χ0v) is 24.0. The Labute approximate surface area is 247 Å². The van der Waals surface area contributed by atoms with Gasteiger partial charge in [-0.3, -0.25) is 14.4 Å². The second-order valence-electron chi connectivity index (χ2n) is 10.9. The van der Waals surface area contributed by atoms with E-state index in [2.05, 4.69) is 40.9 Å². The highest BCUT2D eigenvalue weighted by molar-refractivity contribution is 5.95. The summed E-state index contributed by atoms with van der Waals surface area (Å²) in [4.78, 5) is 69.1. The summed E-state index contributed by atoms with van der Waals surface area (Å²) < 4.78 is 0. The van der Waals surface area contributed by atoms with Gasteiger partial charge in [-0.25, -0.2) is 14.8 Å². The summed E-state index contributed by atoms with van der Waals surface area (Å²) in [6, 6.07) is 3.15. The number of imidazole rings is 2. The lowest BCUT2D eigenvalue weighted by Crippen LogP contribution is -2.58. The highest BCUT2D eigenvalue weighted by Gasteiger charge is 2.31. The Morgan fingerprint density at radius 2 is 1.40 bits per heavy atom. The molecule has 0 bridgehead atoms. The van der Waals surface area contributed by atoms with Gasteiger partial charge in [0.25, 0.3) is 0 Å². The molecule has 0 fully saturated rings. The van der Waals surface area contributed by atoms with E-state index in [0.29, 0.717) is 11.4 Å². The van der Waals surface area contributed by atoms with Crippen molar-refractivity contribution >= 4 is 34.6 Å². The summed E-state index contributed by atoms with van der Waals surface area (Å²) in [5.41, 5.74) is 9.00. The maximum Gasteiger partial charge on any atom is 0.326 e. The molecule has 0 saturated carbocycles. The molecule has 3 aromatic heterocycles. The van der Waals surface area contributed by atoms with E-state index < -0.39 is 47.9 Å². The summed E-state index contributed by atoms with van der Waals surface area (Å²) in [5, 5.41) is 18.6. The molecular formula is C29H37N9O5. The molecule has 43 heavy (non-hydrogen) atoms. The van der Waals surface area contributed by atoms with Gasteiger partial charge in [-0.15, -0.1) is 0 Å². The Morgan fingerprint density at radius 1 is 0.814 bits per heavy atom. The van der Waals surface area contributed by atoms with Crippen molar-refractivity contribution in [1.29, 1.82) is 0 Å². The van der Waals surface area contributed by atoms with Gasteiger partial charge in [0.1, 0.15) is 18.1 Å². The van der Waals surface area contributed by atoms with Gasteiger partial charge in [0.2, 0.25) is 17.7 Å². The lowest BCUT2D eigenvalue weighted by atomic mass is 10.0. The Morgan fingerprint density at radius 3 is 2.00 bits per heavy atom. The van der Waals surface area contributed by atoms with Crippen molar-refractivity contribution in [3.05, 3.63) is 72.5 Å². The van der Waals surface area contributed by atoms with Gasteiger partial charge in [-0.1, -0.05) is 32.0 Å². The number of carboxylic acids is 1. The minimum absolute atomic E-state index is 0.00350. The minimum Gasteiger partial charge on any atom is -0.480 e. The number of para-hydroxylation sites is 1. The Hall–Kier alpha value is -4.98. The molecule has 4 atom stereocenters. The molecule has 14 nitrogen and oxygen atoms in total. The molecule has 228 valence electrons. The number of nitrogens with zero attached hydrogens (tertiary/aromatic N) is 2. The number of nitrogens with two attached hydrogens (primary N) is 1. The van der Waals surface area contributed by atoms with Crippen LogP contribution in [0, 0.1) is 5.92 Å². The zero-order valence-electron chi connectivity index (χ0n) is 24.0. The van der Waals surface area contributed by atoms with E-state index in [0.717, 1.165) is 16.5 Å². The third kappa shape index (κ3) is 8.52. The van der Waals surface area contributed by atoms with E-state index in [1.165, 1.54) is 18.9 Å². The van der Waals surface area contributed by atoms with Gasteiger partial charge in [0.15, 0.2) is 0 Å². The van der Waals surface area contributed by atoms with E-state index in [1.807, 2.05) is 38.1 Å². The molecule has 0 aliphatic heterocycles. The van der Waals surface area contributed by atoms with Crippen LogP contribution in [-0.2, 0) is 38.4 Å². The van der Waals surface area contributed by atoms with Crippen molar-refractivity contribution in [3.8, 4) is 0 Å². The predicted molar refractivity (Wildman–Crippen MR) is 157 cm³/mol. The SMILES string of the molecule is CC(C)CC(NC(=O)C(Cc1cnc[nH]1)NC(=O)C(Cc1c[nH]c2ccccc12)NC(=O)C(N)Cc1cnc[nH]1)C(=O)O. The van der Waals surface area contributed by atoms with Crippen LogP contribution in [0.15, 0.2) is 55.5 Å². The van der Waals surface area contributed by atoms with E-state index in [4.69, 9.17) is 5.73 Å². The summed E-state index contributed by atoms with van der Waals surface area (Å²) in [6.45, 7) is 3.70. The molecule has 0 radical (unpaired) electrons. The first-order valence-corrected chi connectivity index (χ1v) is 14.0. The largest absolute Gasteiger partial charge is 0.480 e. The molecule has 3 heterocycles. The molecular weight excluding hydrogens is 554 g/mol. The first-order valence-electron chi connectivity index (χ1n) is 14.0. The lowest BCUT2D eigenvalue weighted by Gasteiger charge is -2.25. The summed E-state index contributed by atoms with van der Waals surface area (Å²) in [6.07, 6.45) is 8.24. The number of carboxylic acid groups (broad SMARTS) is 1. The zero-order chi connectivity index (χ0) is 30.9. The normalized spacial score (nSPS) is 14.1. The van der Waals surface area contributed by atoms with Crippen LogP contribution in [0.25, 0.3) is 10.9 Å². The Bertz CT molecular complexity index is 1510. The quantitative estimate of drug-likeness (QED) is 0.0972. The first kappa shape index (κ1) is 31.0. The standard InChI is InChI=1S/C29H37N9O5/c1-16(2)7-25(29(42)43)38-28(41)24(10-19-13-32-15-35-19)37-27(40)23(8-17-11-33-22-6-4-3-5-20(17)22)36-26(39)21(30)9-18-12-31-14-34-18/h3-6,11-16,21,23-25,33H,7-10,30H2,1-2H3,(H,31,34)(H,32,35)(H,36,39)(H,37,40)(H,38,41)(H,42,43). The molecule has 9 N–H and O–H groups in total. The van der Waals surface area contributed by atoms with Crippen LogP contribution in [-0.4, -0.2) is 77.9 Å². The van der Waals surface area contributed by atoms with Crippen molar-refractivity contribution in [3.63, 3.8) is 0 Å². The second kappa shape index (κ2) is 14.3. The fourth-order valence-corrected chi connectivity index (χ4v) is 4.80. The van der Waals surface area contributed by atoms with E-state index in [9.17, 15) is 24.3 Å². The topological polar surface area (TPSA) is 224 Å². The van der Waals surface area contributed by atoms with Crippen LogP contribution in [0.2, 0.25) is 0 Å². The Balaban J connectivity index is 1.57. The predicted octanol–water partition coefficient (Wildman–Crippen LogP) is 0.554. The van der Waals surface area contributed by atoms with Crippen molar-refractivity contribution in [2.75, 3.05) is 0 Å². The number of fused-ring (bicyclic) bond motifs is 1. The number of aromatic nitrogens is 5. The number of benzene rings is 1. The molecule has 4 rings (SSSR count). The first-order chi connectivity index (χ1) is 20.6. The second-order valence-corrected chi connectivity index (χ2v) is 10.9. The molecule has 0 aliphatic rings. The highest BCUT2D eigenvalue weighted by Crippen LogP contribution is 2.19. The third-order valence-corrected chi connectivity index (χ3v) is 7.00. The minimum atomic E-state index is -1.18. The number of carbonyl (C=O) groups is 4. The van der Waals surface area contributed by atoms with Crippen LogP contribution in [0.1, 0.15) is 37.2 Å². The summed E-state index contributed by atoms with van der Waals surface area (Å²) in [5.74, 6) is -3.05. The van der Waals surface area contributed by atoms with Crippen molar-refractivity contribution in [2.24, 2.45) is 11.7 Å². The average Bonchev–Trinajstić information content (AvgIpc) is 3.75. The number of H-pyrrole nitrogens is 3. The molecule has 0 saturated heterocycles. The van der Waals surface area contributed by atoms with Crippen LogP contribution >= 0.6 is 0 Å². The van der Waals surface area contributed by atoms with Crippen LogP contribution in [0.5, 0.6) is 0 Å². The third-order valence-electron chi connectivity index (χ3n) is 7.00. The molecule has 14 heteroatoms. The van der Waals surface area contributed by atoms with Gasteiger partial charge in [-0.05, 0) is 24.0 Å². The van der Waals surface area contributed by atoms with Crippen molar-refractivity contribution in [1.82, 2.24) is 40.9 Å². The molecule has 4 aromatic rings. The van der Waals surface area contributed by atoms with E-state index in [-0.39, 0.29) is 31.6 Å². The van der Waals surface area contributed by atoms with Gasteiger partial charge < -0.3 is 41.7 Å². The monoisotopic (exact) mass is 591 g/mol. The lowest BCUT2D eigenvalue weighted by molar-refractivity contribution is -0.142. The van der Waals surface area contributed by atoms with Crippen molar-refractivity contribution in [2.45, 2.75) is 63.7 Å². The molecule has 4 unspecified atom stereocenters. The summed E-state index contributed by atoms with van der Waals surface area (Å²) in [7, 11) is 0. The number of hydrogen-bond acceptors (Lipinski definition) is 7. The number of hydrogen-bond donors (Lipinski definition) is 8. The highest BCUT2D eigenvalue weighted by atomic mass is 16.4. The summed E-state index contributed by atoms with van der Waals surface area (Å²) >= 11 is 0. The number of aliphatic carboxylic acids is 1. The maximum atomic E-state index is 13.8. The molecule has 1 aromatic carbocycles. The smallest absolute Gasteiger partial charge is 0.326 e. The maximum absolute atomic E-state index is 13.8. The fraction of sp³-hybridized carbons (Fsp3) is 0.379. The van der Waals surface area contributed by atoms with Gasteiger partial charge in [0, 0.05) is 60.1 Å². The molecule has 3 amide bonds.